The first kappa shape index (κ1) is 16.4. The van der Waals surface area contributed by atoms with Crippen LogP contribution >= 0.6 is 0 Å². The summed E-state index contributed by atoms with van der Waals surface area (Å²) in [6.07, 6.45) is 1.66. The number of hydrogen-bond acceptors (Lipinski definition) is 6. The van der Waals surface area contributed by atoms with E-state index in [0.29, 0.717) is 18.9 Å². The molecule has 0 unspecified atom stereocenters. The van der Waals surface area contributed by atoms with Crippen LogP contribution in [0.25, 0.3) is 11.0 Å². The fourth-order valence-corrected chi connectivity index (χ4v) is 4.16. The summed E-state index contributed by atoms with van der Waals surface area (Å²) in [4.78, 5) is 2.34. The lowest BCUT2D eigenvalue weighted by Crippen LogP contribution is -2.32. The van der Waals surface area contributed by atoms with E-state index < -0.39 is 10.0 Å². The maximum absolute atomic E-state index is 11.7. The van der Waals surface area contributed by atoms with E-state index in [1.165, 1.54) is 5.56 Å². The van der Waals surface area contributed by atoms with E-state index in [4.69, 9.17) is 4.63 Å². The first-order chi connectivity index (χ1) is 11.1. The van der Waals surface area contributed by atoms with Crippen LogP contribution < -0.4 is 4.72 Å². The van der Waals surface area contributed by atoms with Crippen LogP contribution in [0.1, 0.15) is 25.3 Å². The maximum atomic E-state index is 11.7. The molecule has 7 nitrogen and oxygen atoms in total. The lowest BCUT2D eigenvalue weighted by atomic mass is 10.1. The predicted octanol–water partition coefficient (Wildman–Crippen LogP) is 1.37. The van der Waals surface area contributed by atoms with Gasteiger partial charge < -0.3 is 0 Å². The van der Waals surface area contributed by atoms with Gasteiger partial charge in [-0.25, -0.2) is 17.8 Å². The van der Waals surface area contributed by atoms with Gasteiger partial charge in [0.2, 0.25) is 10.0 Å². The van der Waals surface area contributed by atoms with Gasteiger partial charge in [0.1, 0.15) is 11.0 Å². The zero-order chi connectivity index (χ0) is 16.3. The highest BCUT2D eigenvalue weighted by molar-refractivity contribution is 7.89. The molecule has 1 atom stereocenters. The Morgan fingerprint density at radius 1 is 1.35 bits per heavy atom. The average molecular weight is 338 g/mol. The van der Waals surface area contributed by atoms with Gasteiger partial charge in [0.25, 0.3) is 0 Å². The molecule has 0 saturated carbocycles. The zero-order valence-electron chi connectivity index (χ0n) is 13.2. The third-order valence-electron chi connectivity index (χ3n) is 4.16. The van der Waals surface area contributed by atoms with Gasteiger partial charge in [0.15, 0.2) is 0 Å². The molecule has 0 radical (unpaired) electrons. The second-order valence-electron chi connectivity index (χ2n) is 6.14. The SMILES string of the molecule is CCCS(=O)(=O)NC[C@@H]1CCN(Cc2ccc3nonc3c2)C1. The topological polar surface area (TPSA) is 88.3 Å². The summed E-state index contributed by atoms with van der Waals surface area (Å²) in [5.41, 5.74) is 2.70. The molecule has 0 aliphatic carbocycles. The summed E-state index contributed by atoms with van der Waals surface area (Å²) in [7, 11) is -3.11. The lowest BCUT2D eigenvalue weighted by molar-refractivity contribution is 0.314. The van der Waals surface area contributed by atoms with E-state index in [2.05, 4.69) is 19.9 Å². The second kappa shape index (κ2) is 6.94. The number of nitrogens with zero attached hydrogens (tertiary/aromatic N) is 3. The molecule has 3 rings (SSSR count). The van der Waals surface area contributed by atoms with Crippen LogP contribution in [0.4, 0.5) is 0 Å². The molecule has 0 amide bonds. The first-order valence-electron chi connectivity index (χ1n) is 7.96. The van der Waals surface area contributed by atoms with Crippen molar-refractivity contribution in [2.75, 3.05) is 25.4 Å². The quantitative estimate of drug-likeness (QED) is 0.820. The first-order valence-corrected chi connectivity index (χ1v) is 9.62. The fraction of sp³-hybridized carbons (Fsp3) is 0.600. The molecule has 2 aromatic rings. The number of fused-ring (bicyclic) bond motifs is 1. The molecule has 1 aromatic carbocycles. The molecule has 126 valence electrons. The molecule has 0 spiro atoms. The van der Waals surface area contributed by atoms with Crippen molar-refractivity contribution in [1.29, 1.82) is 0 Å². The van der Waals surface area contributed by atoms with E-state index in [9.17, 15) is 8.42 Å². The molecular weight excluding hydrogens is 316 g/mol. The Bertz CT molecular complexity index is 759. The molecule has 0 bridgehead atoms. The van der Waals surface area contributed by atoms with Crippen molar-refractivity contribution in [2.45, 2.75) is 26.3 Å². The normalized spacial score (nSPS) is 19.6. The molecular formula is C15H22N4O3S. The fourth-order valence-electron chi connectivity index (χ4n) is 2.99. The van der Waals surface area contributed by atoms with Crippen LogP contribution in [0, 0.1) is 5.92 Å². The Kier molecular flexibility index (Phi) is 4.93. The Balaban J connectivity index is 1.51. The second-order valence-corrected chi connectivity index (χ2v) is 8.07. The standard InChI is InChI=1S/C15H22N4O3S/c1-2-7-23(20,21)16-9-13-5-6-19(11-13)10-12-3-4-14-15(8-12)18-22-17-14/h3-4,8,13,16H,2,5-7,9-11H2,1H3/t13-/m0/s1. The van der Waals surface area contributed by atoms with Gasteiger partial charge in [-0.3, -0.25) is 4.90 Å². The highest BCUT2D eigenvalue weighted by atomic mass is 32.2. The van der Waals surface area contributed by atoms with Crippen LogP contribution in [0.3, 0.4) is 0 Å². The van der Waals surface area contributed by atoms with Crippen LogP contribution in [-0.2, 0) is 16.6 Å². The predicted molar refractivity (Wildman–Crippen MR) is 87.3 cm³/mol. The van der Waals surface area contributed by atoms with Gasteiger partial charge in [-0.05, 0) is 53.3 Å². The largest absolute Gasteiger partial charge is 0.299 e. The molecule has 1 N–H and O–H groups in total. The van der Waals surface area contributed by atoms with E-state index in [-0.39, 0.29) is 5.75 Å². The molecule has 1 fully saturated rings. The van der Waals surface area contributed by atoms with Crippen molar-refractivity contribution in [3.05, 3.63) is 23.8 Å². The number of sulfonamides is 1. The third-order valence-corrected chi connectivity index (χ3v) is 5.71. The minimum absolute atomic E-state index is 0.204. The number of nitrogens with one attached hydrogen (secondary N) is 1. The summed E-state index contributed by atoms with van der Waals surface area (Å²) >= 11 is 0. The van der Waals surface area contributed by atoms with Crippen LogP contribution in [0.5, 0.6) is 0 Å². The molecule has 1 aromatic heterocycles. The van der Waals surface area contributed by atoms with E-state index in [0.717, 1.165) is 37.1 Å². The van der Waals surface area contributed by atoms with Crippen LogP contribution in [0.15, 0.2) is 22.8 Å². The van der Waals surface area contributed by atoms with Gasteiger partial charge >= 0.3 is 0 Å². The third kappa shape index (κ3) is 4.27. The average Bonchev–Trinajstić information content (AvgIpc) is 3.14. The summed E-state index contributed by atoms with van der Waals surface area (Å²) in [5.74, 6) is 0.578. The summed E-state index contributed by atoms with van der Waals surface area (Å²) in [6, 6.07) is 5.93. The van der Waals surface area contributed by atoms with Gasteiger partial charge in [-0.1, -0.05) is 13.0 Å². The number of rotatable bonds is 7. The van der Waals surface area contributed by atoms with Crippen molar-refractivity contribution < 1.29 is 13.0 Å². The Morgan fingerprint density at radius 2 is 2.17 bits per heavy atom. The molecule has 1 aliphatic rings. The highest BCUT2D eigenvalue weighted by Crippen LogP contribution is 2.20. The Morgan fingerprint density at radius 3 is 3.00 bits per heavy atom. The van der Waals surface area contributed by atoms with E-state index >= 15 is 0 Å². The van der Waals surface area contributed by atoms with Crippen molar-refractivity contribution in [3.63, 3.8) is 0 Å². The van der Waals surface area contributed by atoms with Gasteiger partial charge in [-0.2, -0.15) is 0 Å². The van der Waals surface area contributed by atoms with Crippen LogP contribution in [0.2, 0.25) is 0 Å². The van der Waals surface area contributed by atoms with Crippen LogP contribution in [-0.4, -0.2) is 49.0 Å². The molecule has 1 saturated heterocycles. The molecule has 1 aliphatic heterocycles. The number of aromatic nitrogens is 2. The number of benzene rings is 1. The molecule has 8 heteroatoms. The van der Waals surface area contributed by atoms with Gasteiger partial charge in [-0.15, -0.1) is 0 Å². The maximum Gasteiger partial charge on any atom is 0.211 e. The number of hydrogen-bond donors (Lipinski definition) is 1. The minimum atomic E-state index is -3.11. The summed E-state index contributed by atoms with van der Waals surface area (Å²) in [5, 5.41) is 7.66. The van der Waals surface area contributed by atoms with Gasteiger partial charge in [0.05, 0.1) is 5.75 Å². The minimum Gasteiger partial charge on any atom is -0.299 e. The Labute approximate surface area is 136 Å². The van der Waals surface area contributed by atoms with E-state index in [1.807, 2.05) is 25.1 Å². The molecule has 23 heavy (non-hydrogen) atoms. The van der Waals surface area contributed by atoms with Crippen molar-refractivity contribution in [1.82, 2.24) is 19.9 Å². The summed E-state index contributed by atoms with van der Waals surface area (Å²) < 4.78 is 30.9. The van der Waals surface area contributed by atoms with Crippen molar-refractivity contribution in [3.8, 4) is 0 Å². The zero-order valence-corrected chi connectivity index (χ0v) is 14.1. The lowest BCUT2D eigenvalue weighted by Gasteiger charge is -2.16. The van der Waals surface area contributed by atoms with Gasteiger partial charge in [0, 0.05) is 19.6 Å². The van der Waals surface area contributed by atoms with E-state index in [1.54, 1.807) is 0 Å². The highest BCUT2D eigenvalue weighted by Gasteiger charge is 2.24. The van der Waals surface area contributed by atoms with Crippen molar-refractivity contribution >= 4 is 21.1 Å². The molecule has 2 heterocycles. The number of likely N-dealkylation sites (tertiary alicyclic amines) is 1. The van der Waals surface area contributed by atoms with Crippen molar-refractivity contribution in [2.24, 2.45) is 5.92 Å². The monoisotopic (exact) mass is 338 g/mol. The Hall–Kier alpha value is -1.51. The summed E-state index contributed by atoms with van der Waals surface area (Å²) in [6.45, 7) is 5.13. The smallest absolute Gasteiger partial charge is 0.211 e.